The molecule has 0 radical (unpaired) electrons. The quantitative estimate of drug-likeness (QED) is 0.809. The normalized spacial score (nSPS) is 17.7. The zero-order chi connectivity index (χ0) is 11.8. The minimum Gasteiger partial charge on any atom is -0.394 e. The first-order valence-electron chi connectivity index (χ1n) is 5.94. The molecule has 5 nitrogen and oxygen atoms in total. The fraction of sp³-hybridized carbons (Fsp3) is 0.500. The van der Waals surface area contributed by atoms with Gasteiger partial charge in [0.1, 0.15) is 5.69 Å². The zero-order valence-corrected chi connectivity index (χ0v) is 9.89. The Bertz CT molecular complexity index is 543. The van der Waals surface area contributed by atoms with Crippen LogP contribution in [-0.4, -0.2) is 27.8 Å². The van der Waals surface area contributed by atoms with Gasteiger partial charge in [-0.05, 0) is 25.3 Å². The van der Waals surface area contributed by atoms with Gasteiger partial charge in [-0.1, -0.05) is 0 Å². The van der Waals surface area contributed by atoms with Crippen LogP contribution >= 0.6 is 0 Å². The minimum atomic E-state index is 0.408. The van der Waals surface area contributed by atoms with Crippen molar-refractivity contribution in [3.8, 4) is 0 Å². The molecule has 1 aliphatic heterocycles. The molecular formula is C12H16N4O. The largest absolute Gasteiger partial charge is 0.394 e. The summed E-state index contributed by atoms with van der Waals surface area (Å²) in [4.78, 5) is 4.34. The number of hydrogen-bond acceptors (Lipinski definition) is 4. The van der Waals surface area contributed by atoms with Crippen LogP contribution in [0.15, 0.2) is 12.4 Å². The van der Waals surface area contributed by atoms with Crippen LogP contribution in [0.5, 0.6) is 0 Å². The number of nitrogen functional groups attached to an aromatic ring is 1. The molecule has 0 bridgehead atoms. The molecule has 0 spiro atoms. The zero-order valence-electron chi connectivity index (χ0n) is 9.89. The SMILES string of the molecule is Cc1cnc2c(N)c(C3CCOCC3)nn2c1. The van der Waals surface area contributed by atoms with Crippen LogP contribution < -0.4 is 5.73 Å². The van der Waals surface area contributed by atoms with E-state index in [1.54, 1.807) is 4.52 Å². The highest BCUT2D eigenvalue weighted by Gasteiger charge is 2.22. The molecule has 0 aliphatic carbocycles. The van der Waals surface area contributed by atoms with Crippen LogP contribution in [0.25, 0.3) is 5.65 Å². The predicted molar refractivity (Wildman–Crippen MR) is 64.9 cm³/mol. The Hall–Kier alpha value is -1.62. The monoisotopic (exact) mass is 232 g/mol. The van der Waals surface area contributed by atoms with Gasteiger partial charge in [0.15, 0.2) is 5.65 Å². The third-order valence-electron chi connectivity index (χ3n) is 3.27. The molecule has 0 aromatic carbocycles. The van der Waals surface area contributed by atoms with Gasteiger partial charge in [0, 0.05) is 31.5 Å². The third kappa shape index (κ3) is 1.76. The number of aromatic nitrogens is 3. The summed E-state index contributed by atoms with van der Waals surface area (Å²) in [7, 11) is 0. The van der Waals surface area contributed by atoms with Crippen molar-refractivity contribution >= 4 is 11.3 Å². The van der Waals surface area contributed by atoms with E-state index in [0.29, 0.717) is 5.92 Å². The lowest BCUT2D eigenvalue weighted by molar-refractivity contribution is 0.0846. The van der Waals surface area contributed by atoms with Crippen molar-refractivity contribution in [2.24, 2.45) is 0 Å². The lowest BCUT2D eigenvalue weighted by Crippen LogP contribution is -2.15. The number of nitrogens with two attached hydrogens (primary N) is 1. The Labute approximate surface area is 99.6 Å². The van der Waals surface area contributed by atoms with Crippen molar-refractivity contribution in [1.82, 2.24) is 14.6 Å². The highest BCUT2D eigenvalue weighted by molar-refractivity contribution is 5.68. The van der Waals surface area contributed by atoms with Crippen LogP contribution in [0.1, 0.15) is 30.0 Å². The molecule has 1 saturated heterocycles. The van der Waals surface area contributed by atoms with Gasteiger partial charge in [0.2, 0.25) is 0 Å². The van der Waals surface area contributed by atoms with Crippen LogP contribution in [0.3, 0.4) is 0 Å². The Balaban J connectivity index is 2.07. The number of aryl methyl sites for hydroxylation is 1. The molecule has 0 unspecified atom stereocenters. The molecule has 0 saturated carbocycles. The van der Waals surface area contributed by atoms with Gasteiger partial charge in [0.25, 0.3) is 0 Å². The first-order valence-corrected chi connectivity index (χ1v) is 5.94. The molecule has 90 valence electrons. The first kappa shape index (κ1) is 10.5. The maximum atomic E-state index is 6.13. The fourth-order valence-corrected chi connectivity index (χ4v) is 2.34. The van der Waals surface area contributed by atoms with Gasteiger partial charge in [-0.25, -0.2) is 9.50 Å². The Morgan fingerprint density at radius 1 is 1.41 bits per heavy atom. The second-order valence-corrected chi connectivity index (χ2v) is 4.59. The van der Waals surface area contributed by atoms with Crippen LogP contribution in [0, 0.1) is 6.92 Å². The number of anilines is 1. The number of fused-ring (bicyclic) bond motifs is 1. The van der Waals surface area contributed by atoms with E-state index in [1.165, 1.54) is 0 Å². The van der Waals surface area contributed by atoms with Gasteiger partial charge >= 0.3 is 0 Å². The van der Waals surface area contributed by atoms with Gasteiger partial charge < -0.3 is 10.5 Å². The summed E-state index contributed by atoms with van der Waals surface area (Å²) < 4.78 is 7.15. The van der Waals surface area contributed by atoms with E-state index in [4.69, 9.17) is 10.5 Å². The van der Waals surface area contributed by atoms with Crippen LogP contribution in [0.4, 0.5) is 5.69 Å². The number of nitrogens with zero attached hydrogens (tertiary/aromatic N) is 3. The van der Waals surface area contributed by atoms with Crippen LogP contribution in [0.2, 0.25) is 0 Å². The Morgan fingerprint density at radius 2 is 2.18 bits per heavy atom. The third-order valence-corrected chi connectivity index (χ3v) is 3.27. The van der Waals surface area contributed by atoms with Gasteiger partial charge in [-0.3, -0.25) is 0 Å². The molecule has 2 N–H and O–H groups in total. The number of ether oxygens (including phenoxy) is 1. The Kier molecular flexibility index (Phi) is 2.48. The van der Waals surface area contributed by atoms with Crippen molar-refractivity contribution in [2.75, 3.05) is 18.9 Å². The summed E-state index contributed by atoms with van der Waals surface area (Å²) in [6, 6.07) is 0. The standard InChI is InChI=1S/C12H16N4O/c1-8-6-14-12-10(13)11(15-16(12)7-8)9-2-4-17-5-3-9/h6-7,9H,2-5,13H2,1H3. The van der Waals surface area contributed by atoms with Crippen molar-refractivity contribution in [1.29, 1.82) is 0 Å². The average Bonchev–Trinajstić information content (AvgIpc) is 2.67. The molecule has 5 heteroatoms. The van der Waals surface area contributed by atoms with Gasteiger partial charge in [0.05, 0.1) is 5.69 Å². The van der Waals surface area contributed by atoms with E-state index in [2.05, 4.69) is 10.1 Å². The van der Waals surface area contributed by atoms with Gasteiger partial charge in [-0.2, -0.15) is 5.10 Å². The molecule has 3 heterocycles. The summed E-state index contributed by atoms with van der Waals surface area (Å²) in [6.45, 7) is 3.59. The molecule has 2 aromatic rings. The van der Waals surface area contributed by atoms with E-state index in [9.17, 15) is 0 Å². The number of hydrogen-bond donors (Lipinski definition) is 1. The highest BCUT2D eigenvalue weighted by Crippen LogP contribution is 2.31. The Morgan fingerprint density at radius 3 is 2.94 bits per heavy atom. The van der Waals surface area contributed by atoms with E-state index in [1.807, 2.05) is 19.3 Å². The lowest BCUT2D eigenvalue weighted by Gasteiger charge is -2.20. The number of rotatable bonds is 1. The van der Waals surface area contributed by atoms with Crippen LogP contribution in [-0.2, 0) is 4.74 Å². The summed E-state index contributed by atoms with van der Waals surface area (Å²) in [5, 5.41) is 4.57. The summed E-state index contributed by atoms with van der Waals surface area (Å²) in [6.07, 6.45) is 5.77. The highest BCUT2D eigenvalue weighted by atomic mass is 16.5. The molecule has 3 rings (SSSR count). The van der Waals surface area contributed by atoms with Crippen molar-refractivity contribution in [2.45, 2.75) is 25.7 Å². The molecule has 0 atom stereocenters. The molecule has 2 aromatic heterocycles. The van der Waals surface area contributed by atoms with Crippen molar-refractivity contribution in [3.63, 3.8) is 0 Å². The molecular weight excluding hydrogens is 216 g/mol. The topological polar surface area (TPSA) is 65.4 Å². The van der Waals surface area contributed by atoms with E-state index >= 15 is 0 Å². The van der Waals surface area contributed by atoms with Crippen molar-refractivity contribution < 1.29 is 4.74 Å². The second-order valence-electron chi connectivity index (χ2n) is 4.59. The molecule has 1 aliphatic rings. The lowest BCUT2D eigenvalue weighted by atomic mass is 9.96. The van der Waals surface area contributed by atoms with E-state index in [-0.39, 0.29) is 0 Å². The predicted octanol–water partition coefficient (Wildman–Crippen LogP) is 1.51. The molecule has 0 amide bonds. The molecule has 17 heavy (non-hydrogen) atoms. The van der Waals surface area contributed by atoms with Gasteiger partial charge in [-0.15, -0.1) is 0 Å². The first-order chi connectivity index (χ1) is 8.25. The molecule has 1 fully saturated rings. The average molecular weight is 232 g/mol. The van der Waals surface area contributed by atoms with Crippen molar-refractivity contribution in [3.05, 3.63) is 23.7 Å². The second kappa shape index (κ2) is 4.00. The smallest absolute Gasteiger partial charge is 0.178 e. The van der Waals surface area contributed by atoms with E-state index < -0.39 is 0 Å². The van der Waals surface area contributed by atoms with E-state index in [0.717, 1.165) is 48.6 Å². The fourth-order valence-electron chi connectivity index (χ4n) is 2.34. The summed E-state index contributed by atoms with van der Waals surface area (Å²) in [5.74, 6) is 0.408. The maximum absolute atomic E-state index is 6.13. The summed E-state index contributed by atoms with van der Waals surface area (Å²) in [5.41, 5.74) is 9.67. The summed E-state index contributed by atoms with van der Waals surface area (Å²) >= 11 is 0. The minimum absolute atomic E-state index is 0.408. The maximum Gasteiger partial charge on any atom is 0.178 e.